The van der Waals surface area contributed by atoms with Gasteiger partial charge in [0, 0.05) is 5.92 Å². The lowest BCUT2D eigenvalue weighted by Gasteiger charge is -2.41. The number of carboxylic acids is 1. The van der Waals surface area contributed by atoms with Gasteiger partial charge in [-0.2, -0.15) is 0 Å². The molecular weight excluding hydrogens is 342 g/mol. The summed E-state index contributed by atoms with van der Waals surface area (Å²) in [5.74, 6) is -0.592. The topological polar surface area (TPSA) is 78.8 Å². The number of rotatable bonds is 4. The van der Waals surface area contributed by atoms with Crippen LogP contribution in [-0.2, 0) is 16.0 Å². The molecule has 0 saturated carbocycles. The number of hydrogen-bond donors (Lipinski definition) is 3. The fraction of sp³-hybridized carbons (Fsp3) is 0.409. The van der Waals surface area contributed by atoms with Gasteiger partial charge in [-0.3, -0.25) is 4.79 Å². The lowest BCUT2D eigenvalue weighted by Crippen LogP contribution is -2.48. The number of phenols is 1. The highest BCUT2D eigenvalue weighted by molar-refractivity contribution is 5.70. The third-order valence-electron chi connectivity index (χ3n) is 5.84. The van der Waals surface area contributed by atoms with Crippen molar-refractivity contribution in [3.05, 3.63) is 65.2 Å². The summed E-state index contributed by atoms with van der Waals surface area (Å²) in [6, 6.07) is 15.6. The zero-order chi connectivity index (χ0) is 18.9. The Bertz CT molecular complexity index is 822. The second-order valence-corrected chi connectivity index (χ2v) is 7.64. The minimum Gasteiger partial charge on any atom is -0.508 e. The Morgan fingerprint density at radius 3 is 2.81 bits per heavy atom. The van der Waals surface area contributed by atoms with Crippen LogP contribution in [0.1, 0.15) is 47.9 Å². The van der Waals surface area contributed by atoms with Crippen LogP contribution < -0.4 is 5.32 Å². The molecular formula is C22H25NO4. The number of carboxylic acid groups (broad SMARTS) is 1. The summed E-state index contributed by atoms with van der Waals surface area (Å²) in [5.41, 5.74) is 2.43. The Hall–Kier alpha value is -2.37. The predicted molar refractivity (Wildman–Crippen MR) is 102 cm³/mol. The molecule has 3 atom stereocenters. The number of phenolic OH excluding ortho intramolecular Hbond substituents is 1. The molecule has 0 radical (unpaired) electrons. The van der Waals surface area contributed by atoms with Crippen molar-refractivity contribution in [3.63, 3.8) is 0 Å². The molecule has 2 fully saturated rings. The van der Waals surface area contributed by atoms with E-state index in [4.69, 9.17) is 9.84 Å². The Kier molecular flexibility index (Phi) is 4.89. The second-order valence-electron chi connectivity index (χ2n) is 7.64. The molecule has 2 aliphatic rings. The summed E-state index contributed by atoms with van der Waals surface area (Å²) in [7, 11) is 0. The molecule has 1 spiro atoms. The van der Waals surface area contributed by atoms with Crippen LogP contribution in [0.2, 0.25) is 0 Å². The number of aromatic hydroxyl groups is 1. The van der Waals surface area contributed by atoms with E-state index in [1.54, 1.807) is 12.1 Å². The summed E-state index contributed by atoms with van der Waals surface area (Å²) in [5, 5.41) is 23.1. The Morgan fingerprint density at radius 2 is 2.04 bits per heavy atom. The summed E-state index contributed by atoms with van der Waals surface area (Å²) < 4.78 is 6.40. The van der Waals surface area contributed by atoms with E-state index in [-0.39, 0.29) is 29.7 Å². The first-order valence-electron chi connectivity index (χ1n) is 9.53. The minimum atomic E-state index is -0.869. The Labute approximate surface area is 159 Å². The van der Waals surface area contributed by atoms with Gasteiger partial charge >= 0.3 is 5.97 Å². The van der Waals surface area contributed by atoms with Gasteiger partial charge in [0.05, 0.1) is 24.7 Å². The molecule has 2 aromatic carbocycles. The van der Waals surface area contributed by atoms with Gasteiger partial charge in [-0.1, -0.05) is 42.5 Å². The number of benzene rings is 2. The highest BCUT2D eigenvalue weighted by Gasteiger charge is 2.49. The van der Waals surface area contributed by atoms with E-state index in [2.05, 4.69) is 17.4 Å². The third-order valence-corrected chi connectivity index (χ3v) is 5.84. The summed E-state index contributed by atoms with van der Waals surface area (Å²) >= 11 is 0. The van der Waals surface area contributed by atoms with E-state index >= 15 is 0 Å². The molecule has 0 amide bonds. The number of ether oxygens (including phenoxy) is 1. The molecule has 0 aromatic heterocycles. The second kappa shape index (κ2) is 7.33. The van der Waals surface area contributed by atoms with Gasteiger partial charge in [0.2, 0.25) is 0 Å². The molecule has 27 heavy (non-hydrogen) atoms. The highest BCUT2D eigenvalue weighted by atomic mass is 16.5. The zero-order valence-electron chi connectivity index (χ0n) is 15.2. The van der Waals surface area contributed by atoms with E-state index < -0.39 is 5.97 Å². The summed E-state index contributed by atoms with van der Waals surface area (Å²) in [6.07, 6.45) is 2.80. The van der Waals surface area contributed by atoms with Crippen LogP contribution >= 0.6 is 0 Å². The molecule has 2 heterocycles. The predicted octanol–water partition coefficient (Wildman–Crippen LogP) is 3.39. The van der Waals surface area contributed by atoms with Crippen LogP contribution in [0, 0.1) is 0 Å². The molecule has 5 heteroatoms. The van der Waals surface area contributed by atoms with Crippen LogP contribution in [0.3, 0.4) is 0 Å². The largest absolute Gasteiger partial charge is 0.508 e. The zero-order valence-corrected chi connectivity index (χ0v) is 15.2. The fourth-order valence-electron chi connectivity index (χ4n) is 4.62. The van der Waals surface area contributed by atoms with Gasteiger partial charge < -0.3 is 20.3 Å². The Morgan fingerprint density at radius 1 is 1.22 bits per heavy atom. The SMILES string of the molecule is O=C(O)Cc1ccc(O)c(C2COC3(CCCNC3c3ccccc3)C2)c1. The molecule has 4 rings (SSSR count). The van der Waals surface area contributed by atoms with Gasteiger partial charge in [0.15, 0.2) is 0 Å². The molecule has 0 aliphatic carbocycles. The first kappa shape index (κ1) is 18.0. The normalized spacial score (nSPS) is 27.7. The maximum absolute atomic E-state index is 11.0. The number of aliphatic carboxylic acids is 1. The number of hydrogen-bond acceptors (Lipinski definition) is 4. The first-order chi connectivity index (χ1) is 13.1. The monoisotopic (exact) mass is 367 g/mol. The minimum absolute atomic E-state index is 0.0415. The summed E-state index contributed by atoms with van der Waals surface area (Å²) in [6.45, 7) is 1.50. The maximum Gasteiger partial charge on any atom is 0.307 e. The van der Waals surface area contributed by atoms with Crippen molar-refractivity contribution >= 4 is 5.97 Å². The van der Waals surface area contributed by atoms with Gasteiger partial charge in [-0.25, -0.2) is 0 Å². The van der Waals surface area contributed by atoms with E-state index in [1.165, 1.54) is 5.56 Å². The van der Waals surface area contributed by atoms with Gasteiger partial charge in [-0.05, 0) is 48.6 Å². The van der Waals surface area contributed by atoms with Crippen LogP contribution in [0.25, 0.3) is 0 Å². The molecule has 142 valence electrons. The maximum atomic E-state index is 11.0. The van der Waals surface area contributed by atoms with Gasteiger partial charge in [0.1, 0.15) is 5.75 Å². The highest BCUT2D eigenvalue weighted by Crippen LogP contribution is 2.49. The van der Waals surface area contributed by atoms with Crippen LogP contribution in [-0.4, -0.2) is 34.9 Å². The Balaban J connectivity index is 1.61. The smallest absolute Gasteiger partial charge is 0.307 e. The number of piperidine rings is 1. The van der Waals surface area contributed by atoms with Crippen LogP contribution in [0.5, 0.6) is 5.75 Å². The molecule has 5 nitrogen and oxygen atoms in total. The van der Waals surface area contributed by atoms with Gasteiger partial charge in [0.25, 0.3) is 0 Å². The average Bonchev–Trinajstić information content (AvgIpc) is 3.08. The average molecular weight is 367 g/mol. The van der Waals surface area contributed by atoms with Crippen molar-refractivity contribution in [3.8, 4) is 5.75 Å². The van der Waals surface area contributed by atoms with Crippen molar-refractivity contribution in [1.29, 1.82) is 0 Å². The molecule has 2 aromatic rings. The van der Waals surface area contributed by atoms with Crippen molar-refractivity contribution in [2.75, 3.05) is 13.2 Å². The van der Waals surface area contributed by atoms with Crippen molar-refractivity contribution < 1.29 is 19.7 Å². The van der Waals surface area contributed by atoms with Crippen molar-refractivity contribution in [2.24, 2.45) is 0 Å². The molecule has 3 N–H and O–H groups in total. The number of nitrogens with one attached hydrogen (secondary N) is 1. The molecule has 2 aliphatic heterocycles. The fourth-order valence-corrected chi connectivity index (χ4v) is 4.62. The van der Waals surface area contributed by atoms with Gasteiger partial charge in [-0.15, -0.1) is 0 Å². The quantitative estimate of drug-likeness (QED) is 0.772. The lowest BCUT2D eigenvalue weighted by molar-refractivity contribution is -0.136. The first-order valence-corrected chi connectivity index (χ1v) is 9.53. The number of carbonyl (C=O) groups is 1. The summed E-state index contributed by atoms with van der Waals surface area (Å²) in [4.78, 5) is 11.0. The van der Waals surface area contributed by atoms with Crippen molar-refractivity contribution in [2.45, 2.75) is 43.2 Å². The van der Waals surface area contributed by atoms with E-state index in [0.717, 1.165) is 31.4 Å². The van der Waals surface area contributed by atoms with E-state index in [1.807, 2.05) is 24.3 Å². The van der Waals surface area contributed by atoms with E-state index in [9.17, 15) is 9.90 Å². The standard InChI is InChI=1S/C22H25NO4/c24-19-8-7-15(12-20(25)26)11-18(19)17-13-22(27-14-17)9-4-10-23-21(22)16-5-2-1-3-6-16/h1-3,5-8,11,17,21,23-24H,4,9-10,12-14H2,(H,25,26). The lowest BCUT2D eigenvalue weighted by atomic mass is 9.76. The van der Waals surface area contributed by atoms with Crippen LogP contribution in [0.4, 0.5) is 0 Å². The molecule has 0 bridgehead atoms. The van der Waals surface area contributed by atoms with Crippen LogP contribution in [0.15, 0.2) is 48.5 Å². The molecule has 3 unspecified atom stereocenters. The molecule has 2 saturated heterocycles. The third kappa shape index (κ3) is 3.57. The van der Waals surface area contributed by atoms with Crippen molar-refractivity contribution in [1.82, 2.24) is 5.32 Å². The van der Waals surface area contributed by atoms with E-state index in [0.29, 0.717) is 12.2 Å².